The molecule has 2 N–H and O–H groups in total. The Balaban J connectivity index is 2.37. The molecule has 18 heavy (non-hydrogen) atoms. The number of benzene rings is 1. The molecule has 0 fully saturated rings. The van der Waals surface area contributed by atoms with Crippen LogP contribution < -0.4 is 5.14 Å². The molecule has 0 unspecified atom stereocenters. The minimum Gasteiger partial charge on any atom is -0.459 e. The second kappa shape index (κ2) is 6.51. The van der Waals surface area contributed by atoms with E-state index in [1.165, 1.54) is 0 Å². The van der Waals surface area contributed by atoms with Crippen molar-refractivity contribution in [3.8, 4) is 0 Å². The zero-order chi connectivity index (χ0) is 13.6. The summed E-state index contributed by atoms with van der Waals surface area (Å²) < 4.78 is 26.6. The third-order valence-corrected chi connectivity index (χ3v) is 3.21. The predicted octanol–water partition coefficient (Wildman–Crippen LogP) is 1.30. The number of ether oxygens (including phenoxy) is 1. The van der Waals surface area contributed by atoms with Gasteiger partial charge in [0.15, 0.2) is 0 Å². The first-order valence-corrected chi connectivity index (χ1v) is 7.36. The molecule has 0 aliphatic carbocycles. The molecular formula is C12H17NO4S. The van der Waals surface area contributed by atoms with Gasteiger partial charge < -0.3 is 4.74 Å². The van der Waals surface area contributed by atoms with Crippen molar-refractivity contribution < 1.29 is 17.9 Å². The zero-order valence-electron chi connectivity index (χ0n) is 10.2. The molecule has 1 atom stereocenters. The van der Waals surface area contributed by atoms with Crippen molar-refractivity contribution in [2.45, 2.75) is 25.9 Å². The standard InChI is InChI=1S/C12H17NO4S/c1-10(6-5-9-18(13,15)16)17-12(14)11-7-3-2-4-8-11/h2-4,7-8,10H,5-6,9H2,1H3,(H2,13,15,16)/t10-/m1/s1. The van der Waals surface area contributed by atoms with Crippen molar-refractivity contribution in [2.24, 2.45) is 5.14 Å². The van der Waals surface area contributed by atoms with Crippen LogP contribution in [-0.2, 0) is 14.8 Å². The lowest BCUT2D eigenvalue weighted by Crippen LogP contribution is -2.19. The van der Waals surface area contributed by atoms with Gasteiger partial charge in [-0.2, -0.15) is 0 Å². The number of nitrogens with two attached hydrogens (primary N) is 1. The highest BCUT2D eigenvalue weighted by molar-refractivity contribution is 7.89. The van der Waals surface area contributed by atoms with E-state index in [-0.39, 0.29) is 11.9 Å². The van der Waals surface area contributed by atoms with E-state index in [4.69, 9.17) is 9.88 Å². The molecule has 1 aromatic carbocycles. The molecule has 0 aromatic heterocycles. The molecule has 0 radical (unpaired) electrons. The van der Waals surface area contributed by atoms with Crippen molar-refractivity contribution >= 4 is 16.0 Å². The Morgan fingerprint density at radius 3 is 2.50 bits per heavy atom. The molecule has 0 aliphatic heterocycles. The summed E-state index contributed by atoms with van der Waals surface area (Å²) in [4.78, 5) is 11.6. The summed E-state index contributed by atoms with van der Waals surface area (Å²) in [6.07, 6.45) is 0.510. The van der Waals surface area contributed by atoms with Crippen LogP contribution in [0.3, 0.4) is 0 Å². The van der Waals surface area contributed by atoms with Crippen molar-refractivity contribution in [3.63, 3.8) is 0 Å². The van der Waals surface area contributed by atoms with E-state index in [9.17, 15) is 13.2 Å². The van der Waals surface area contributed by atoms with Crippen molar-refractivity contribution in [2.75, 3.05) is 5.75 Å². The van der Waals surface area contributed by atoms with Crippen LogP contribution >= 0.6 is 0 Å². The van der Waals surface area contributed by atoms with Crippen LogP contribution in [-0.4, -0.2) is 26.2 Å². The number of primary sulfonamides is 1. The number of rotatable bonds is 6. The normalized spacial score (nSPS) is 13.0. The van der Waals surface area contributed by atoms with Crippen molar-refractivity contribution in [1.82, 2.24) is 0 Å². The van der Waals surface area contributed by atoms with Gasteiger partial charge in [-0.1, -0.05) is 18.2 Å². The third kappa shape index (κ3) is 5.79. The van der Waals surface area contributed by atoms with Crippen LogP contribution in [0, 0.1) is 0 Å². The van der Waals surface area contributed by atoms with E-state index in [0.29, 0.717) is 18.4 Å². The fourth-order valence-corrected chi connectivity index (χ4v) is 2.02. The van der Waals surface area contributed by atoms with Gasteiger partial charge in [-0.05, 0) is 31.9 Å². The van der Waals surface area contributed by atoms with Gasteiger partial charge in [-0.15, -0.1) is 0 Å². The summed E-state index contributed by atoms with van der Waals surface area (Å²) in [5.41, 5.74) is 0.482. The van der Waals surface area contributed by atoms with E-state index < -0.39 is 16.0 Å². The predicted molar refractivity (Wildman–Crippen MR) is 68.5 cm³/mol. The monoisotopic (exact) mass is 271 g/mol. The van der Waals surface area contributed by atoms with E-state index in [0.717, 1.165) is 0 Å². The molecular weight excluding hydrogens is 254 g/mol. The Labute approximate surface area is 107 Å². The maximum atomic E-state index is 11.6. The van der Waals surface area contributed by atoms with Gasteiger partial charge in [-0.25, -0.2) is 18.4 Å². The fraction of sp³-hybridized carbons (Fsp3) is 0.417. The highest BCUT2D eigenvalue weighted by Gasteiger charge is 2.12. The average Bonchev–Trinajstić information content (AvgIpc) is 2.28. The number of carbonyl (C=O) groups is 1. The highest BCUT2D eigenvalue weighted by atomic mass is 32.2. The van der Waals surface area contributed by atoms with Crippen LogP contribution in [0.4, 0.5) is 0 Å². The van der Waals surface area contributed by atoms with E-state index in [1.54, 1.807) is 31.2 Å². The molecule has 6 heteroatoms. The van der Waals surface area contributed by atoms with Crippen LogP contribution in [0.1, 0.15) is 30.1 Å². The Morgan fingerprint density at radius 1 is 1.33 bits per heavy atom. The Bertz CT molecular complexity index is 484. The van der Waals surface area contributed by atoms with Gasteiger partial charge in [0.25, 0.3) is 0 Å². The largest absolute Gasteiger partial charge is 0.459 e. The molecule has 0 heterocycles. The lowest BCUT2D eigenvalue weighted by atomic mass is 10.2. The summed E-state index contributed by atoms with van der Waals surface area (Å²) in [5.74, 6) is -0.501. The molecule has 1 rings (SSSR count). The van der Waals surface area contributed by atoms with Gasteiger partial charge >= 0.3 is 5.97 Å². The number of hydrogen-bond donors (Lipinski definition) is 1. The molecule has 0 saturated heterocycles. The van der Waals surface area contributed by atoms with Crippen LogP contribution in [0.15, 0.2) is 30.3 Å². The first-order valence-electron chi connectivity index (χ1n) is 5.65. The summed E-state index contributed by atoms with van der Waals surface area (Å²) in [5, 5.41) is 4.88. The van der Waals surface area contributed by atoms with Crippen LogP contribution in [0.5, 0.6) is 0 Å². The summed E-state index contributed by atoms with van der Waals surface area (Å²) in [7, 11) is -3.44. The topological polar surface area (TPSA) is 86.5 Å². The van der Waals surface area contributed by atoms with E-state index >= 15 is 0 Å². The Kier molecular flexibility index (Phi) is 5.30. The first-order chi connectivity index (χ1) is 8.38. The van der Waals surface area contributed by atoms with Gasteiger partial charge in [0, 0.05) is 0 Å². The smallest absolute Gasteiger partial charge is 0.338 e. The third-order valence-electron chi connectivity index (χ3n) is 2.36. The lowest BCUT2D eigenvalue weighted by Gasteiger charge is -2.12. The number of sulfonamides is 1. The lowest BCUT2D eigenvalue weighted by molar-refractivity contribution is 0.0324. The summed E-state index contributed by atoms with van der Waals surface area (Å²) in [6.45, 7) is 1.73. The van der Waals surface area contributed by atoms with E-state index in [2.05, 4.69) is 0 Å². The van der Waals surface area contributed by atoms with Gasteiger partial charge in [-0.3, -0.25) is 0 Å². The van der Waals surface area contributed by atoms with E-state index in [1.807, 2.05) is 6.07 Å². The van der Waals surface area contributed by atoms with Crippen LogP contribution in [0.2, 0.25) is 0 Å². The number of esters is 1. The highest BCUT2D eigenvalue weighted by Crippen LogP contribution is 2.08. The quantitative estimate of drug-likeness (QED) is 0.790. The first kappa shape index (κ1) is 14.7. The number of carbonyl (C=O) groups excluding carboxylic acids is 1. The van der Waals surface area contributed by atoms with Crippen molar-refractivity contribution in [3.05, 3.63) is 35.9 Å². The van der Waals surface area contributed by atoms with Gasteiger partial charge in [0.05, 0.1) is 17.4 Å². The second-order valence-electron chi connectivity index (χ2n) is 4.09. The average molecular weight is 271 g/mol. The minimum atomic E-state index is -3.44. The maximum Gasteiger partial charge on any atom is 0.338 e. The molecule has 100 valence electrons. The summed E-state index contributed by atoms with van der Waals surface area (Å²) in [6, 6.07) is 8.65. The number of hydrogen-bond acceptors (Lipinski definition) is 4. The molecule has 0 bridgehead atoms. The molecule has 1 aromatic rings. The molecule has 0 amide bonds. The SMILES string of the molecule is C[C@H](CCCS(N)(=O)=O)OC(=O)c1ccccc1. The molecule has 0 aliphatic rings. The Morgan fingerprint density at radius 2 is 1.94 bits per heavy atom. The molecule has 0 saturated carbocycles. The zero-order valence-corrected chi connectivity index (χ0v) is 11.0. The van der Waals surface area contributed by atoms with Crippen LogP contribution in [0.25, 0.3) is 0 Å². The Hall–Kier alpha value is -1.40. The molecule has 5 nitrogen and oxygen atoms in total. The van der Waals surface area contributed by atoms with Gasteiger partial charge in [0.2, 0.25) is 10.0 Å². The fourth-order valence-electron chi connectivity index (χ4n) is 1.46. The molecule has 0 spiro atoms. The second-order valence-corrected chi connectivity index (χ2v) is 5.83. The summed E-state index contributed by atoms with van der Waals surface area (Å²) >= 11 is 0. The minimum absolute atomic E-state index is 0.0970. The van der Waals surface area contributed by atoms with Crippen molar-refractivity contribution in [1.29, 1.82) is 0 Å². The van der Waals surface area contributed by atoms with Gasteiger partial charge in [0.1, 0.15) is 0 Å². The maximum absolute atomic E-state index is 11.6.